The van der Waals surface area contributed by atoms with Crippen molar-refractivity contribution in [3.63, 3.8) is 0 Å². The fourth-order valence-electron chi connectivity index (χ4n) is 3.18. The lowest BCUT2D eigenvalue weighted by atomic mass is 9.97. The van der Waals surface area contributed by atoms with Crippen LogP contribution < -0.4 is 10.3 Å². The summed E-state index contributed by atoms with van der Waals surface area (Å²) >= 11 is 6.18. The van der Waals surface area contributed by atoms with Crippen LogP contribution in [0.2, 0.25) is 5.02 Å². The molecule has 0 aliphatic carbocycles. The van der Waals surface area contributed by atoms with Crippen molar-refractivity contribution in [3.05, 3.63) is 91.7 Å². The number of nitriles is 1. The van der Waals surface area contributed by atoms with E-state index < -0.39 is 17.2 Å². The van der Waals surface area contributed by atoms with Gasteiger partial charge in [-0.05, 0) is 55.3 Å². The van der Waals surface area contributed by atoms with Crippen molar-refractivity contribution in [1.82, 2.24) is 4.57 Å². The Kier molecular flexibility index (Phi) is 6.24. The van der Waals surface area contributed by atoms with E-state index in [2.05, 4.69) is 0 Å². The van der Waals surface area contributed by atoms with Crippen molar-refractivity contribution >= 4 is 17.4 Å². The van der Waals surface area contributed by atoms with Crippen LogP contribution in [0.1, 0.15) is 39.5 Å². The second-order valence-corrected chi connectivity index (χ2v) is 6.99. The van der Waals surface area contributed by atoms with Gasteiger partial charge in [0.15, 0.2) is 5.78 Å². The van der Waals surface area contributed by atoms with Gasteiger partial charge in [0, 0.05) is 10.6 Å². The third-order valence-electron chi connectivity index (χ3n) is 4.74. The first-order chi connectivity index (χ1) is 14.4. The van der Waals surface area contributed by atoms with Crippen molar-refractivity contribution in [2.75, 3.05) is 6.61 Å². The Morgan fingerprint density at radius 3 is 2.47 bits per heavy atom. The zero-order chi connectivity index (χ0) is 21.8. The van der Waals surface area contributed by atoms with Crippen LogP contribution in [0.25, 0.3) is 0 Å². The third kappa shape index (κ3) is 3.93. The summed E-state index contributed by atoms with van der Waals surface area (Å²) in [6.45, 7) is 3.74. The molecule has 0 unspecified atom stereocenters. The monoisotopic (exact) mass is 422 g/mol. The number of aromatic nitrogens is 1. The molecule has 6 nitrogen and oxygen atoms in total. The molecule has 0 amide bonds. The molecular weight excluding hydrogens is 404 g/mol. The Morgan fingerprint density at radius 2 is 1.87 bits per heavy atom. The molecule has 1 N–H and O–H groups in total. The van der Waals surface area contributed by atoms with Gasteiger partial charge in [0.05, 0.1) is 18.7 Å². The summed E-state index contributed by atoms with van der Waals surface area (Å²) in [4.78, 5) is 26.0. The number of carbonyl (C=O) groups excluding carboxylic acids is 1. The van der Waals surface area contributed by atoms with Crippen LogP contribution in [0, 0.1) is 18.3 Å². The molecular formula is C23H19ClN2O4. The largest absolute Gasteiger partial charge is 0.494 e. The lowest BCUT2D eigenvalue weighted by molar-refractivity contribution is 0.103. The standard InChI is InChI=1S/C23H19ClN2O4/c1-3-30-17-10-8-15(9-11-17)21(27)20-14(2)18(12-25)22(28)26(23(20)29)13-16-6-4-5-7-19(16)24/h4-11,29H,3,13H2,1-2H3. The molecule has 152 valence electrons. The molecule has 0 saturated carbocycles. The lowest BCUT2D eigenvalue weighted by Gasteiger charge is -2.16. The number of carbonyl (C=O) groups is 1. The van der Waals surface area contributed by atoms with E-state index in [0.29, 0.717) is 28.5 Å². The van der Waals surface area contributed by atoms with Gasteiger partial charge in [-0.3, -0.25) is 14.2 Å². The summed E-state index contributed by atoms with van der Waals surface area (Å²) in [5, 5.41) is 20.8. The lowest BCUT2D eigenvalue weighted by Crippen LogP contribution is -2.27. The molecule has 0 saturated heterocycles. The Morgan fingerprint density at radius 1 is 1.20 bits per heavy atom. The van der Waals surface area contributed by atoms with Crippen LogP contribution in [0.5, 0.6) is 11.6 Å². The van der Waals surface area contributed by atoms with E-state index in [9.17, 15) is 20.0 Å². The molecule has 0 aliphatic heterocycles. The smallest absolute Gasteiger partial charge is 0.271 e. The van der Waals surface area contributed by atoms with Gasteiger partial charge in [-0.1, -0.05) is 29.8 Å². The van der Waals surface area contributed by atoms with Gasteiger partial charge in [0.25, 0.3) is 5.56 Å². The van der Waals surface area contributed by atoms with Crippen molar-refractivity contribution in [1.29, 1.82) is 5.26 Å². The van der Waals surface area contributed by atoms with E-state index in [-0.39, 0.29) is 23.2 Å². The van der Waals surface area contributed by atoms with Crippen LogP contribution in [0.4, 0.5) is 0 Å². The quantitative estimate of drug-likeness (QED) is 0.604. The molecule has 1 heterocycles. The van der Waals surface area contributed by atoms with Crippen LogP contribution in [0.15, 0.2) is 53.3 Å². The van der Waals surface area contributed by atoms with Gasteiger partial charge in [-0.15, -0.1) is 0 Å². The second kappa shape index (κ2) is 8.85. The van der Waals surface area contributed by atoms with Gasteiger partial charge in [0.2, 0.25) is 5.88 Å². The fraction of sp³-hybridized carbons (Fsp3) is 0.174. The van der Waals surface area contributed by atoms with Crippen molar-refractivity contribution in [2.45, 2.75) is 20.4 Å². The second-order valence-electron chi connectivity index (χ2n) is 6.58. The van der Waals surface area contributed by atoms with Crippen LogP contribution in [0.3, 0.4) is 0 Å². The van der Waals surface area contributed by atoms with Gasteiger partial charge in [0.1, 0.15) is 17.4 Å². The Hall–Kier alpha value is -3.56. The molecule has 30 heavy (non-hydrogen) atoms. The molecule has 2 aromatic carbocycles. The predicted octanol–water partition coefficient (Wildman–Crippen LogP) is 4.07. The van der Waals surface area contributed by atoms with Crippen LogP contribution >= 0.6 is 11.6 Å². The summed E-state index contributed by atoms with van der Waals surface area (Å²) in [5.41, 5.74) is 0.0221. The number of hydrogen-bond donors (Lipinski definition) is 1. The SMILES string of the molecule is CCOc1ccc(C(=O)c2c(C)c(C#N)c(=O)n(Cc3ccccc3Cl)c2O)cc1. The van der Waals surface area contributed by atoms with Gasteiger partial charge < -0.3 is 9.84 Å². The van der Waals surface area contributed by atoms with Crippen molar-refractivity contribution in [3.8, 4) is 17.7 Å². The van der Waals surface area contributed by atoms with Crippen LogP contribution in [-0.2, 0) is 6.54 Å². The van der Waals surface area contributed by atoms with Gasteiger partial charge in [-0.25, -0.2) is 0 Å². The molecule has 0 atom stereocenters. The Bertz CT molecular complexity index is 1210. The molecule has 3 aromatic rings. The van der Waals surface area contributed by atoms with Crippen molar-refractivity contribution in [2.24, 2.45) is 0 Å². The first kappa shape index (κ1) is 21.2. The number of rotatable bonds is 6. The average Bonchev–Trinajstić information content (AvgIpc) is 2.73. The Labute approximate surface area is 178 Å². The molecule has 7 heteroatoms. The van der Waals surface area contributed by atoms with E-state index in [1.165, 1.54) is 6.92 Å². The maximum absolute atomic E-state index is 13.2. The number of ether oxygens (including phenoxy) is 1. The minimum Gasteiger partial charge on any atom is -0.494 e. The van der Waals surface area contributed by atoms with E-state index in [4.69, 9.17) is 16.3 Å². The normalized spacial score (nSPS) is 10.5. The van der Waals surface area contributed by atoms with E-state index >= 15 is 0 Å². The fourth-order valence-corrected chi connectivity index (χ4v) is 3.38. The Balaban J connectivity index is 2.15. The third-order valence-corrected chi connectivity index (χ3v) is 5.11. The number of nitrogens with zero attached hydrogens (tertiary/aromatic N) is 2. The first-order valence-corrected chi connectivity index (χ1v) is 9.64. The van der Waals surface area contributed by atoms with E-state index in [1.54, 1.807) is 48.5 Å². The minimum atomic E-state index is -0.685. The molecule has 0 spiro atoms. The minimum absolute atomic E-state index is 0.0805. The van der Waals surface area contributed by atoms with E-state index in [1.807, 2.05) is 13.0 Å². The maximum atomic E-state index is 13.2. The van der Waals surface area contributed by atoms with E-state index in [0.717, 1.165) is 4.57 Å². The molecule has 1 aromatic heterocycles. The molecule has 0 fully saturated rings. The topological polar surface area (TPSA) is 92.3 Å². The number of ketones is 1. The number of pyridine rings is 1. The number of benzene rings is 2. The molecule has 0 bridgehead atoms. The summed E-state index contributed by atoms with van der Waals surface area (Å²) < 4.78 is 6.38. The highest BCUT2D eigenvalue weighted by atomic mass is 35.5. The summed E-state index contributed by atoms with van der Waals surface area (Å²) in [7, 11) is 0. The highest BCUT2D eigenvalue weighted by molar-refractivity contribution is 6.31. The van der Waals surface area contributed by atoms with Crippen LogP contribution in [-0.4, -0.2) is 22.1 Å². The predicted molar refractivity (Wildman–Crippen MR) is 113 cm³/mol. The number of halogens is 1. The molecule has 0 radical (unpaired) electrons. The zero-order valence-electron chi connectivity index (χ0n) is 16.5. The number of aromatic hydroxyl groups is 1. The highest BCUT2D eigenvalue weighted by Crippen LogP contribution is 2.27. The molecule has 0 aliphatic rings. The summed E-state index contributed by atoms with van der Waals surface area (Å²) in [5.74, 6) is -0.399. The summed E-state index contributed by atoms with van der Waals surface area (Å²) in [6.07, 6.45) is 0. The first-order valence-electron chi connectivity index (χ1n) is 9.26. The summed E-state index contributed by atoms with van der Waals surface area (Å²) in [6, 6.07) is 15.1. The average molecular weight is 423 g/mol. The highest BCUT2D eigenvalue weighted by Gasteiger charge is 2.25. The van der Waals surface area contributed by atoms with Gasteiger partial charge in [-0.2, -0.15) is 5.26 Å². The number of hydrogen-bond acceptors (Lipinski definition) is 5. The van der Waals surface area contributed by atoms with Crippen molar-refractivity contribution < 1.29 is 14.6 Å². The zero-order valence-corrected chi connectivity index (χ0v) is 17.2. The molecule has 3 rings (SSSR count). The van der Waals surface area contributed by atoms with Gasteiger partial charge >= 0.3 is 0 Å². The maximum Gasteiger partial charge on any atom is 0.271 e.